The largest absolute Gasteiger partial charge is 0.356 e. The van der Waals surface area contributed by atoms with Crippen LogP contribution in [0.5, 0.6) is 0 Å². The summed E-state index contributed by atoms with van der Waals surface area (Å²) in [4.78, 5) is 4.44. The Morgan fingerprint density at radius 2 is 1.68 bits per heavy atom. The Labute approximate surface area is 137 Å². The zero-order valence-corrected chi connectivity index (χ0v) is 13.2. The van der Waals surface area contributed by atoms with Crippen LogP contribution in [-0.4, -0.2) is 9.36 Å². The van der Waals surface area contributed by atoms with Gasteiger partial charge in [-0.05, 0) is 35.4 Å². The van der Waals surface area contributed by atoms with E-state index in [1.165, 1.54) is 23.7 Å². The molecule has 0 saturated heterocycles. The third-order valence-electron chi connectivity index (χ3n) is 3.10. The molecule has 0 fully saturated rings. The molecule has 1 aromatic heterocycles. The molecule has 6 heteroatoms. The van der Waals surface area contributed by atoms with Crippen molar-refractivity contribution in [1.29, 1.82) is 0 Å². The van der Waals surface area contributed by atoms with E-state index in [0.717, 1.165) is 27.1 Å². The Bertz CT molecular complexity index is 741. The van der Waals surface area contributed by atoms with Crippen molar-refractivity contribution < 1.29 is 4.39 Å². The molecule has 3 nitrogen and oxygen atoms in total. The van der Waals surface area contributed by atoms with Crippen molar-refractivity contribution in [3.8, 4) is 0 Å². The third kappa shape index (κ3) is 4.02. The number of nitrogens with one attached hydrogen (secondary N) is 1. The Morgan fingerprint density at radius 1 is 1.00 bits per heavy atom. The summed E-state index contributed by atoms with van der Waals surface area (Å²) in [5, 5.41) is 4.73. The van der Waals surface area contributed by atoms with Crippen molar-refractivity contribution in [2.45, 2.75) is 13.0 Å². The monoisotopic (exact) mass is 333 g/mol. The van der Waals surface area contributed by atoms with Crippen LogP contribution in [-0.2, 0) is 13.0 Å². The smallest absolute Gasteiger partial charge is 0.202 e. The van der Waals surface area contributed by atoms with Gasteiger partial charge in [-0.1, -0.05) is 35.9 Å². The van der Waals surface area contributed by atoms with Crippen molar-refractivity contribution in [3.63, 3.8) is 0 Å². The second kappa shape index (κ2) is 6.85. The number of aromatic nitrogens is 2. The minimum atomic E-state index is -0.236. The van der Waals surface area contributed by atoms with Crippen LogP contribution in [0.1, 0.15) is 17.0 Å². The van der Waals surface area contributed by atoms with Crippen LogP contribution >= 0.6 is 23.1 Å². The molecule has 0 aliphatic carbocycles. The van der Waals surface area contributed by atoms with E-state index in [1.807, 2.05) is 24.3 Å². The first-order chi connectivity index (χ1) is 10.7. The second-order valence-corrected chi connectivity index (χ2v) is 5.99. The van der Waals surface area contributed by atoms with Crippen LogP contribution in [0.25, 0.3) is 0 Å². The van der Waals surface area contributed by atoms with E-state index in [-0.39, 0.29) is 5.82 Å². The topological polar surface area (TPSA) is 37.8 Å². The highest BCUT2D eigenvalue weighted by atomic mass is 35.5. The Morgan fingerprint density at radius 3 is 2.41 bits per heavy atom. The van der Waals surface area contributed by atoms with Crippen LogP contribution in [0.2, 0.25) is 5.02 Å². The molecule has 2 aromatic carbocycles. The van der Waals surface area contributed by atoms with Crippen molar-refractivity contribution in [1.82, 2.24) is 9.36 Å². The number of benzene rings is 2. The maximum absolute atomic E-state index is 12.9. The zero-order valence-electron chi connectivity index (χ0n) is 11.6. The van der Waals surface area contributed by atoms with Gasteiger partial charge in [0, 0.05) is 29.5 Å². The standard InChI is InChI=1S/C16H13ClFN3S/c17-13-5-1-12(2-6-13)10-19-16-20-15(21-22-16)9-11-3-7-14(18)8-4-11/h1-8H,9-10H2,(H,19,20,21). The summed E-state index contributed by atoms with van der Waals surface area (Å²) >= 11 is 7.18. The van der Waals surface area contributed by atoms with E-state index >= 15 is 0 Å². The number of hydrogen-bond donors (Lipinski definition) is 1. The van der Waals surface area contributed by atoms with Gasteiger partial charge in [0.1, 0.15) is 11.6 Å². The molecular formula is C16H13ClFN3S. The van der Waals surface area contributed by atoms with Crippen molar-refractivity contribution >= 4 is 28.3 Å². The van der Waals surface area contributed by atoms with E-state index < -0.39 is 0 Å². The Balaban J connectivity index is 1.59. The maximum atomic E-state index is 12.9. The van der Waals surface area contributed by atoms with Crippen LogP contribution in [0.3, 0.4) is 0 Å². The molecule has 22 heavy (non-hydrogen) atoms. The lowest BCUT2D eigenvalue weighted by Gasteiger charge is -2.02. The molecule has 112 valence electrons. The lowest BCUT2D eigenvalue weighted by Crippen LogP contribution is -1.99. The first-order valence-electron chi connectivity index (χ1n) is 6.74. The van der Waals surface area contributed by atoms with E-state index in [0.29, 0.717) is 13.0 Å². The van der Waals surface area contributed by atoms with E-state index in [4.69, 9.17) is 11.6 Å². The van der Waals surface area contributed by atoms with Crippen LogP contribution in [0, 0.1) is 5.82 Å². The molecule has 0 unspecified atom stereocenters. The van der Waals surface area contributed by atoms with Gasteiger partial charge in [0.15, 0.2) is 0 Å². The van der Waals surface area contributed by atoms with Crippen molar-refractivity contribution in [2.24, 2.45) is 0 Å². The summed E-state index contributed by atoms with van der Waals surface area (Å²) in [5.41, 5.74) is 2.11. The van der Waals surface area contributed by atoms with Crippen LogP contribution < -0.4 is 5.32 Å². The molecule has 0 radical (unpaired) electrons. The van der Waals surface area contributed by atoms with Gasteiger partial charge in [0.2, 0.25) is 5.13 Å². The lowest BCUT2D eigenvalue weighted by molar-refractivity contribution is 0.627. The summed E-state index contributed by atoms with van der Waals surface area (Å²) in [6.07, 6.45) is 0.597. The molecule has 1 heterocycles. The third-order valence-corrected chi connectivity index (χ3v) is 4.06. The van der Waals surface area contributed by atoms with E-state index in [2.05, 4.69) is 14.7 Å². The van der Waals surface area contributed by atoms with Crippen molar-refractivity contribution in [3.05, 3.63) is 76.3 Å². The molecule has 0 bridgehead atoms. The first-order valence-corrected chi connectivity index (χ1v) is 7.89. The summed E-state index contributed by atoms with van der Waals surface area (Å²) in [5.74, 6) is 0.496. The molecule has 3 aromatic rings. The van der Waals surface area contributed by atoms with Gasteiger partial charge in [-0.15, -0.1) is 0 Å². The second-order valence-electron chi connectivity index (χ2n) is 4.80. The minimum Gasteiger partial charge on any atom is -0.356 e. The fourth-order valence-corrected chi connectivity index (χ4v) is 2.67. The molecule has 1 N–H and O–H groups in total. The summed E-state index contributed by atoms with van der Waals surface area (Å²) in [6.45, 7) is 0.669. The Kier molecular flexibility index (Phi) is 4.65. The number of nitrogens with zero attached hydrogens (tertiary/aromatic N) is 2. The highest BCUT2D eigenvalue weighted by molar-refractivity contribution is 7.09. The number of hydrogen-bond acceptors (Lipinski definition) is 4. The highest BCUT2D eigenvalue weighted by Gasteiger charge is 2.05. The summed E-state index contributed by atoms with van der Waals surface area (Å²) in [7, 11) is 0. The Hall–Kier alpha value is -1.98. The fourth-order valence-electron chi connectivity index (χ4n) is 1.96. The van der Waals surface area contributed by atoms with Gasteiger partial charge >= 0.3 is 0 Å². The van der Waals surface area contributed by atoms with Crippen LogP contribution in [0.4, 0.5) is 9.52 Å². The molecular weight excluding hydrogens is 321 g/mol. The quantitative estimate of drug-likeness (QED) is 0.745. The fraction of sp³-hybridized carbons (Fsp3) is 0.125. The number of anilines is 1. The number of halogens is 2. The van der Waals surface area contributed by atoms with Gasteiger partial charge in [0.25, 0.3) is 0 Å². The molecule has 0 saturated carbocycles. The van der Waals surface area contributed by atoms with Gasteiger partial charge in [0.05, 0.1) is 0 Å². The molecule has 3 rings (SSSR count). The first kappa shape index (κ1) is 14.9. The maximum Gasteiger partial charge on any atom is 0.202 e. The van der Waals surface area contributed by atoms with Crippen LogP contribution in [0.15, 0.2) is 48.5 Å². The van der Waals surface area contributed by atoms with Gasteiger partial charge in [-0.25, -0.2) is 9.37 Å². The highest BCUT2D eigenvalue weighted by Crippen LogP contribution is 2.16. The zero-order chi connectivity index (χ0) is 15.4. The molecule has 0 atom stereocenters. The average Bonchev–Trinajstić information content (AvgIpc) is 2.97. The van der Waals surface area contributed by atoms with E-state index in [9.17, 15) is 4.39 Å². The molecule has 0 spiro atoms. The molecule has 0 amide bonds. The van der Waals surface area contributed by atoms with Crippen molar-refractivity contribution in [2.75, 3.05) is 5.32 Å². The lowest BCUT2D eigenvalue weighted by atomic mass is 10.1. The van der Waals surface area contributed by atoms with Gasteiger partial charge < -0.3 is 5.32 Å². The molecule has 0 aliphatic rings. The SMILES string of the molecule is Fc1ccc(Cc2nsc(NCc3ccc(Cl)cc3)n2)cc1. The minimum absolute atomic E-state index is 0.236. The average molecular weight is 334 g/mol. The normalized spacial score (nSPS) is 10.6. The summed E-state index contributed by atoms with van der Waals surface area (Å²) < 4.78 is 17.2. The number of rotatable bonds is 5. The van der Waals surface area contributed by atoms with Gasteiger partial charge in [-0.2, -0.15) is 4.37 Å². The summed E-state index contributed by atoms with van der Waals surface area (Å²) in [6, 6.07) is 14.0. The van der Waals surface area contributed by atoms with E-state index in [1.54, 1.807) is 12.1 Å². The van der Waals surface area contributed by atoms with Gasteiger partial charge in [-0.3, -0.25) is 0 Å². The predicted molar refractivity (Wildman–Crippen MR) is 87.9 cm³/mol. The molecule has 0 aliphatic heterocycles. The predicted octanol–water partition coefficient (Wildman–Crippen LogP) is 4.53.